The van der Waals surface area contributed by atoms with Crippen molar-refractivity contribution < 1.29 is 9.72 Å². The van der Waals surface area contributed by atoms with Crippen molar-refractivity contribution in [2.75, 3.05) is 6.54 Å². The molecule has 1 amide bonds. The lowest BCUT2D eigenvalue weighted by molar-refractivity contribution is -0.385. The molecular weight excluding hydrogens is 226 g/mol. The number of nitro groups is 1. The molecule has 0 aromatic carbocycles. The molecule has 0 radical (unpaired) electrons. The summed E-state index contributed by atoms with van der Waals surface area (Å²) in [4.78, 5) is 21.1. The lowest BCUT2D eigenvalue weighted by atomic mass is 10.2. The topological polar surface area (TPSA) is 116 Å². The van der Waals surface area contributed by atoms with Gasteiger partial charge in [-0.1, -0.05) is 0 Å². The van der Waals surface area contributed by atoms with E-state index in [4.69, 9.17) is 5.73 Å². The molecular formula is C9H15N5O3. The van der Waals surface area contributed by atoms with E-state index in [0.29, 0.717) is 13.1 Å². The second kappa shape index (κ2) is 5.94. The van der Waals surface area contributed by atoms with Crippen LogP contribution in [0.5, 0.6) is 0 Å². The van der Waals surface area contributed by atoms with Gasteiger partial charge in [-0.15, -0.1) is 0 Å². The van der Waals surface area contributed by atoms with Gasteiger partial charge >= 0.3 is 5.69 Å². The van der Waals surface area contributed by atoms with Gasteiger partial charge in [0, 0.05) is 19.0 Å². The molecule has 94 valence electrons. The Morgan fingerprint density at radius 3 is 3.00 bits per heavy atom. The molecule has 17 heavy (non-hydrogen) atoms. The lowest BCUT2D eigenvalue weighted by Gasteiger charge is -2.06. The van der Waals surface area contributed by atoms with Crippen LogP contribution < -0.4 is 11.1 Å². The standard InChI is InChI=1S/C9H15N5O3/c1-7(10)4-9(15)11-2-3-13-6-8(5-12-13)14(16)17/h5-7H,2-4,10H2,1H3,(H,11,15). The summed E-state index contributed by atoms with van der Waals surface area (Å²) in [5.74, 6) is -0.137. The summed E-state index contributed by atoms with van der Waals surface area (Å²) in [6, 6.07) is -0.180. The molecule has 8 nitrogen and oxygen atoms in total. The van der Waals surface area contributed by atoms with Crippen LogP contribution in [-0.4, -0.2) is 33.2 Å². The predicted octanol–water partition coefficient (Wildman–Crippen LogP) is -0.355. The van der Waals surface area contributed by atoms with Crippen LogP contribution in [0.2, 0.25) is 0 Å². The molecule has 1 atom stereocenters. The number of nitrogens with two attached hydrogens (primary N) is 1. The minimum Gasteiger partial charge on any atom is -0.354 e. The smallest absolute Gasteiger partial charge is 0.306 e. The molecule has 0 saturated carbocycles. The number of amides is 1. The molecule has 0 saturated heterocycles. The van der Waals surface area contributed by atoms with Crippen molar-refractivity contribution in [1.29, 1.82) is 0 Å². The van der Waals surface area contributed by atoms with Gasteiger partial charge in [0.2, 0.25) is 5.91 Å². The maximum atomic E-state index is 11.2. The van der Waals surface area contributed by atoms with Gasteiger partial charge in [0.05, 0.1) is 11.5 Å². The normalized spacial score (nSPS) is 12.1. The van der Waals surface area contributed by atoms with Gasteiger partial charge in [0.1, 0.15) is 12.4 Å². The molecule has 1 rings (SSSR count). The molecule has 0 fully saturated rings. The van der Waals surface area contributed by atoms with Gasteiger partial charge in [-0.05, 0) is 6.92 Å². The van der Waals surface area contributed by atoms with Crippen molar-refractivity contribution in [2.24, 2.45) is 5.73 Å². The molecule has 1 aromatic heterocycles. The number of hydrogen-bond acceptors (Lipinski definition) is 5. The van der Waals surface area contributed by atoms with Gasteiger partial charge in [0.15, 0.2) is 0 Å². The maximum Gasteiger partial charge on any atom is 0.306 e. The number of hydrogen-bond donors (Lipinski definition) is 2. The first-order chi connectivity index (χ1) is 7.99. The van der Waals surface area contributed by atoms with E-state index in [9.17, 15) is 14.9 Å². The van der Waals surface area contributed by atoms with E-state index in [1.54, 1.807) is 6.92 Å². The fraction of sp³-hybridized carbons (Fsp3) is 0.556. The van der Waals surface area contributed by atoms with Crippen molar-refractivity contribution in [3.63, 3.8) is 0 Å². The van der Waals surface area contributed by atoms with E-state index >= 15 is 0 Å². The molecule has 1 unspecified atom stereocenters. The van der Waals surface area contributed by atoms with Gasteiger partial charge in [-0.2, -0.15) is 5.10 Å². The van der Waals surface area contributed by atoms with Crippen LogP contribution >= 0.6 is 0 Å². The summed E-state index contributed by atoms with van der Waals surface area (Å²) in [6.07, 6.45) is 2.75. The first-order valence-electron chi connectivity index (χ1n) is 5.18. The average Bonchev–Trinajstić information content (AvgIpc) is 2.65. The lowest BCUT2D eigenvalue weighted by Crippen LogP contribution is -2.32. The van der Waals surface area contributed by atoms with Crippen LogP contribution in [0, 0.1) is 10.1 Å². The maximum absolute atomic E-state index is 11.2. The van der Waals surface area contributed by atoms with Crippen molar-refractivity contribution >= 4 is 11.6 Å². The summed E-state index contributed by atoms with van der Waals surface area (Å²) in [5, 5.41) is 16.8. The number of nitrogens with zero attached hydrogens (tertiary/aromatic N) is 3. The van der Waals surface area contributed by atoms with Gasteiger partial charge < -0.3 is 11.1 Å². The molecule has 8 heteroatoms. The van der Waals surface area contributed by atoms with E-state index in [2.05, 4.69) is 10.4 Å². The summed E-state index contributed by atoms with van der Waals surface area (Å²) < 4.78 is 1.41. The molecule has 0 bridgehead atoms. The Kier molecular flexibility index (Phi) is 4.58. The van der Waals surface area contributed by atoms with Gasteiger partial charge in [-0.3, -0.25) is 19.6 Å². The van der Waals surface area contributed by atoms with E-state index in [-0.39, 0.29) is 24.1 Å². The Morgan fingerprint density at radius 1 is 1.76 bits per heavy atom. The zero-order chi connectivity index (χ0) is 12.8. The third-order valence-corrected chi connectivity index (χ3v) is 2.00. The van der Waals surface area contributed by atoms with Crippen molar-refractivity contribution in [1.82, 2.24) is 15.1 Å². The minimum atomic E-state index is -0.516. The Bertz CT molecular complexity index is 401. The molecule has 1 heterocycles. The monoisotopic (exact) mass is 241 g/mol. The molecule has 0 aliphatic rings. The molecule has 0 spiro atoms. The zero-order valence-electron chi connectivity index (χ0n) is 9.50. The van der Waals surface area contributed by atoms with Crippen molar-refractivity contribution in [3.05, 3.63) is 22.5 Å². The van der Waals surface area contributed by atoms with Crippen molar-refractivity contribution in [2.45, 2.75) is 25.9 Å². The summed E-state index contributed by atoms with van der Waals surface area (Å²) >= 11 is 0. The van der Waals surface area contributed by atoms with E-state index in [1.807, 2.05) is 0 Å². The highest BCUT2D eigenvalue weighted by molar-refractivity contribution is 5.76. The summed E-state index contributed by atoms with van der Waals surface area (Å²) in [7, 11) is 0. The van der Waals surface area contributed by atoms with E-state index in [1.165, 1.54) is 17.1 Å². The van der Waals surface area contributed by atoms with E-state index < -0.39 is 4.92 Å². The zero-order valence-corrected chi connectivity index (χ0v) is 9.50. The Labute approximate surface area is 97.9 Å². The van der Waals surface area contributed by atoms with Crippen molar-refractivity contribution in [3.8, 4) is 0 Å². The number of nitrogens with one attached hydrogen (secondary N) is 1. The molecule has 3 N–H and O–H groups in total. The quantitative estimate of drug-likeness (QED) is 0.521. The Hall–Kier alpha value is -1.96. The predicted molar refractivity (Wildman–Crippen MR) is 60.2 cm³/mol. The van der Waals surface area contributed by atoms with E-state index in [0.717, 1.165) is 0 Å². The van der Waals surface area contributed by atoms with Crippen LogP contribution in [0.3, 0.4) is 0 Å². The fourth-order valence-electron chi connectivity index (χ4n) is 1.24. The highest BCUT2D eigenvalue weighted by Gasteiger charge is 2.09. The number of carbonyl (C=O) groups is 1. The second-order valence-electron chi connectivity index (χ2n) is 3.75. The average molecular weight is 241 g/mol. The first-order valence-corrected chi connectivity index (χ1v) is 5.18. The van der Waals surface area contributed by atoms with Crippen LogP contribution in [0.15, 0.2) is 12.4 Å². The first kappa shape index (κ1) is 13.1. The third kappa shape index (κ3) is 4.60. The highest BCUT2D eigenvalue weighted by atomic mass is 16.6. The summed E-state index contributed by atoms with van der Waals surface area (Å²) in [6.45, 7) is 2.50. The number of rotatable bonds is 6. The molecule has 0 aliphatic carbocycles. The minimum absolute atomic E-state index is 0.0630. The van der Waals surface area contributed by atoms with Crippen LogP contribution in [0.4, 0.5) is 5.69 Å². The second-order valence-corrected chi connectivity index (χ2v) is 3.75. The number of carbonyl (C=O) groups excluding carboxylic acids is 1. The van der Waals surface area contributed by atoms with Crippen LogP contribution in [-0.2, 0) is 11.3 Å². The highest BCUT2D eigenvalue weighted by Crippen LogP contribution is 2.06. The Morgan fingerprint density at radius 2 is 2.47 bits per heavy atom. The Balaban J connectivity index is 2.31. The SMILES string of the molecule is CC(N)CC(=O)NCCn1cc([N+](=O)[O-])cn1. The van der Waals surface area contributed by atoms with Crippen LogP contribution in [0.1, 0.15) is 13.3 Å². The molecule has 0 aliphatic heterocycles. The van der Waals surface area contributed by atoms with Gasteiger partial charge in [-0.25, -0.2) is 0 Å². The fourth-order valence-corrected chi connectivity index (χ4v) is 1.24. The summed E-state index contributed by atoms with van der Waals surface area (Å²) in [5.41, 5.74) is 5.40. The third-order valence-electron chi connectivity index (χ3n) is 2.00. The largest absolute Gasteiger partial charge is 0.354 e. The van der Waals surface area contributed by atoms with Crippen LogP contribution in [0.25, 0.3) is 0 Å². The van der Waals surface area contributed by atoms with Gasteiger partial charge in [0.25, 0.3) is 0 Å². The number of aromatic nitrogens is 2. The molecule has 1 aromatic rings.